The fourth-order valence-corrected chi connectivity index (χ4v) is 3.12. The SMILES string of the molecule is Cc1cc(F)ccc1C(O)C1(CN)CCCCC1. The maximum absolute atomic E-state index is 13.1. The van der Waals surface area contributed by atoms with Gasteiger partial charge in [0.1, 0.15) is 5.82 Å². The molecule has 1 aliphatic carbocycles. The molecular formula is C15H22FNO. The molecule has 2 nitrogen and oxygen atoms in total. The highest BCUT2D eigenvalue weighted by Crippen LogP contribution is 2.45. The van der Waals surface area contributed by atoms with Gasteiger partial charge in [-0.05, 0) is 43.0 Å². The summed E-state index contributed by atoms with van der Waals surface area (Å²) in [6, 6.07) is 4.59. The van der Waals surface area contributed by atoms with Crippen LogP contribution < -0.4 is 5.73 Å². The summed E-state index contributed by atoms with van der Waals surface area (Å²) in [4.78, 5) is 0. The van der Waals surface area contributed by atoms with E-state index in [2.05, 4.69) is 0 Å². The Kier molecular flexibility index (Phi) is 4.03. The van der Waals surface area contributed by atoms with Crippen LogP contribution in [0.3, 0.4) is 0 Å². The van der Waals surface area contributed by atoms with Crippen LogP contribution in [0, 0.1) is 18.2 Å². The highest BCUT2D eigenvalue weighted by molar-refractivity contribution is 5.30. The van der Waals surface area contributed by atoms with Crippen LogP contribution in [-0.2, 0) is 0 Å². The van der Waals surface area contributed by atoms with Crippen molar-refractivity contribution in [2.75, 3.05) is 6.54 Å². The summed E-state index contributed by atoms with van der Waals surface area (Å²) in [5.41, 5.74) is 7.33. The van der Waals surface area contributed by atoms with Gasteiger partial charge in [-0.3, -0.25) is 0 Å². The van der Waals surface area contributed by atoms with Gasteiger partial charge in [0.05, 0.1) is 6.10 Å². The molecular weight excluding hydrogens is 229 g/mol. The average molecular weight is 251 g/mol. The zero-order valence-electron chi connectivity index (χ0n) is 11.0. The third-order valence-electron chi connectivity index (χ3n) is 4.36. The summed E-state index contributed by atoms with van der Waals surface area (Å²) in [5, 5.41) is 10.7. The van der Waals surface area contributed by atoms with Crippen molar-refractivity contribution in [3.63, 3.8) is 0 Å². The lowest BCUT2D eigenvalue weighted by atomic mass is 9.68. The van der Waals surface area contributed by atoms with Gasteiger partial charge in [-0.1, -0.05) is 25.3 Å². The zero-order valence-corrected chi connectivity index (χ0v) is 11.0. The minimum atomic E-state index is -0.580. The van der Waals surface area contributed by atoms with Gasteiger partial charge in [0.2, 0.25) is 0 Å². The second kappa shape index (κ2) is 5.37. The Balaban J connectivity index is 2.30. The van der Waals surface area contributed by atoms with Crippen LogP contribution in [0.4, 0.5) is 4.39 Å². The molecule has 3 heteroatoms. The van der Waals surface area contributed by atoms with Crippen molar-refractivity contribution in [1.82, 2.24) is 0 Å². The largest absolute Gasteiger partial charge is 0.388 e. The average Bonchev–Trinajstić information content (AvgIpc) is 2.39. The quantitative estimate of drug-likeness (QED) is 0.867. The van der Waals surface area contributed by atoms with Crippen LogP contribution in [0.1, 0.15) is 49.3 Å². The van der Waals surface area contributed by atoms with Crippen molar-refractivity contribution in [2.45, 2.75) is 45.1 Å². The predicted octanol–water partition coefficient (Wildman–Crippen LogP) is 3.08. The minimum Gasteiger partial charge on any atom is -0.388 e. The molecule has 0 amide bonds. The first-order valence-corrected chi connectivity index (χ1v) is 6.73. The number of rotatable bonds is 3. The lowest BCUT2D eigenvalue weighted by Crippen LogP contribution is -2.38. The highest BCUT2D eigenvalue weighted by Gasteiger charge is 2.39. The van der Waals surface area contributed by atoms with Gasteiger partial charge in [0.25, 0.3) is 0 Å². The standard InChI is InChI=1S/C15H22FNO/c1-11-9-12(16)5-6-13(11)14(18)15(10-17)7-3-2-4-8-15/h5-6,9,14,18H,2-4,7-8,10,17H2,1H3. The molecule has 0 aliphatic heterocycles. The Morgan fingerprint density at radius 1 is 1.33 bits per heavy atom. The van der Waals surface area contributed by atoms with Crippen molar-refractivity contribution in [3.8, 4) is 0 Å². The van der Waals surface area contributed by atoms with Crippen LogP contribution in [0.15, 0.2) is 18.2 Å². The van der Waals surface area contributed by atoms with Crippen molar-refractivity contribution in [3.05, 3.63) is 35.1 Å². The van der Waals surface area contributed by atoms with Crippen LogP contribution in [0.5, 0.6) is 0 Å². The first kappa shape index (κ1) is 13.5. The van der Waals surface area contributed by atoms with Crippen LogP contribution in [0.25, 0.3) is 0 Å². The molecule has 1 fully saturated rings. The van der Waals surface area contributed by atoms with E-state index in [-0.39, 0.29) is 11.2 Å². The summed E-state index contributed by atoms with van der Waals surface area (Å²) in [6.07, 6.45) is 4.80. The van der Waals surface area contributed by atoms with Gasteiger partial charge in [-0.15, -0.1) is 0 Å². The summed E-state index contributed by atoms with van der Waals surface area (Å²) in [7, 11) is 0. The molecule has 1 saturated carbocycles. The molecule has 0 heterocycles. The molecule has 0 bridgehead atoms. The molecule has 0 aromatic heterocycles. The number of hydrogen-bond donors (Lipinski definition) is 2. The molecule has 1 unspecified atom stereocenters. The number of hydrogen-bond acceptors (Lipinski definition) is 2. The molecule has 1 aromatic rings. The van der Waals surface area contributed by atoms with Crippen molar-refractivity contribution in [1.29, 1.82) is 0 Å². The van der Waals surface area contributed by atoms with Crippen molar-refractivity contribution in [2.24, 2.45) is 11.1 Å². The van der Waals surface area contributed by atoms with Gasteiger partial charge >= 0.3 is 0 Å². The predicted molar refractivity (Wildman–Crippen MR) is 70.7 cm³/mol. The molecule has 1 aromatic carbocycles. The number of nitrogens with two attached hydrogens (primary N) is 1. The van der Waals surface area contributed by atoms with E-state index in [1.807, 2.05) is 6.92 Å². The van der Waals surface area contributed by atoms with Gasteiger partial charge in [0, 0.05) is 12.0 Å². The Morgan fingerprint density at radius 2 is 2.00 bits per heavy atom. The van der Waals surface area contributed by atoms with E-state index in [4.69, 9.17) is 5.73 Å². The van der Waals surface area contributed by atoms with Crippen LogP contribution >= 0.6 is 0 Å². The zero-order chi connectivity index (χ0) is 13.2. The Labute approximate surface area is 108 Å². The third-order valence-corrected chi connectivity index (χ3v) is 4.36. The molecule has 0 radical (unpaired) electrons. The Bertz CT molecular complexity index is 413. The number of aliphatic hydroxyl groups excluding tert-OH is 1. The molecule has 100 valence electrons. The maximum atomic E-state index is 13.1. The number of benzene rings is 1. The van der Waals surface area contributed by atoms with E-state index in [0.717, 1.165) is 36.8 Å². The van der Waals surface area contributed by atoms with Gasteiger partial charge < -0.3 is 10.8 Å². The van der Waals surface area contributed by atoms with Crippen molar-refractivity contribution >= 4 is 0 Å². The van der Waals surface area contributed by atoms with Gasteiger partial charge in [-0.2, -0.15) is 0 Å². The van der Waals surface area contributed by atoms with E-state index in [1.54, 1.807) is 6.07 Å². The fourth-order valence-electron chi connectivity index (χ4n) is 3.12. The lowest BCUT2D eigenvalue weighted by Gasteiger charge is -2.41. The van der Waals surface area contributed by atoms with Crippen molar-refractivity contribution < 1.29 is 9.50 Å². The molecule has 3 N–H and O–H groups in total. The topological polar surface area (TPSA) is 46.2 Å². The van der Waals surface area contributed by atoms with E-state index in [1.165, 1.54) is 18.6 Å². The number of aryl methyl sites for hydroxylation is 1. The third kappa shape index (κ3) is 2.43. The lowest BCUT2D eigenvalue weighted by molar-refractivity contribution is 0.000262. The van der Waals surface area contributed by atoms with E-state index >= 15 is 0 Å². The van der Waals surface area contributed by atoms with Gasteiger partial charge in [0.15, 0.2) is 0 Å². The summed E-state index contributed by atoms with van der Waals surface area (Å²) >= 11 is 0. The summed E-state index contributed by atoms with van der Waals surface area (Å²) in [5.74, 6) is -0.256. The van der Waals surface area contributed by atoms with E-state index in [9.17, 15) is 9.50 Å². The first-order chi connectivity index (χ1) is 8.59. The van der Waals surface area contributed by atoms with Gasteiger partial charge in [-0.25, -0.2) is 4.39 Å². The Morgan fingerprint density at radius 3 is 2.56 bits per heavy atom. The number of halogens is 1. The monoisotopic (exact) mass is 251 g/mol. The maximum Gasteiger partial charge on any atom is 0.123 e. The Hall–Kier alpha value is -0.930. The van der Waals surface area contributed by atoms with Crippen LogP contribution in [0.2, 0.25) is 0 Å². The molecule has 2 rings (SSSR count). The first-order valence-electron chi connectivity index (χ1n) is 6.73. The normalized spacial score (nSPS) is 20.7. The molecule has 1 atom stereocenters. The molecule has 18 heavy (non-hydrogen) atoms. The molecule has 0 saturated heterocycles. The number of aliphatic hydroxyl groups is 1. The summed E-state index contributed by atoms with van der Waals surface area (Å²) < 4.78 is 13.1. The summed E-state index contributed by atoms with van der Waals surface area (Å²) in [6.45, 7) is 2.33. The second-order valence-corrected chi connectivity index (χ2v) is 5.53. The fraction of sp³-hybridized carbons (Fsp3) is 0.600. The minimum absolute atomic E-state index is 0.221. The smallest absolute Gasteiger partial charge is 0.123 e. The highest BCUT2D eigenvalue weighted by atomic mass is 19.1. The van der Waals surface area contributed by atoms with Crippen LogP contribution in [-0.4, -0.2) is 11.7 Å². The molecule has 1 aliphatic rings. The van der Waals surface area contributed by atoms with E-state index in [0.29, 0.717) is 6.54 Å². The molecule has 0 spiro atoms. The second-order valence-electron chi connectivity index (χ2n) is 5.53. The van der Waals surface area contributed by atoms with E-state index < -0.39 is 6.10 Å².